The lowest BCUT2D eigenvalue weighted by molar-refractivity contribution is 0.108. The molecule has 1 aliphatic heterocycles. The summed E-state index contributed by atoms with van der Waals surface area (Å²) in [7, 11) is 0. The Morgan fingerprint density at radius 2 is 1.79 bits per heavy atom. The first kappa shape index (κ1) is 22.6. The average Bonchev–Trinajstić information content (AvgIpc) is 2.71. The Kier molecular flexibility index (Phi) is 9.73. The molecule has 0 radical (unpaired) electrons. The van der Waals surface area contributed by atoms with Crippen LogP contribution in [-0.2, 0) is 19.5 Å². The van der Waals surface area contributed by atoms with Crippen molar-refractivity contribution in [1.29, 1.82) is 0 Å². The van der Waals surface area contributed by atoms with Crippen molar-refractivity contribution in [2.75, 3.05) is 26.2 Å². The standard InChI is InChI=1S/C22H30N4O.HI/c1-2-23-22(24-14-18-8-4-3-5-9-18)25-15-21(27)17-26-13-12-19-10-6-7-11-20(19)16-26;/h3-11,21,27H,2,12-17H2,1H3,(H2,23,24,25);1H. The van der Waals surface area contributed by atoms with Gasteiger partial charge < -0.3 is 15.7 Å². The Morgan fingerprint density at radius 3 is 2.54 bits per heavy atom. The molecular weight excluding hydrogens is 463 g/mol. The quantitative estimate of drug-likeness (QED) is 0.315. The predicted octanol–water partition coefficient (Wildman–Crippen LogP) is 2.78. The van der Waals surface area contributed by atoms with E-state index in [-0.39, 0.29) is 24.0 Å². The molecule has 3 rings (SSSR count). The Labute approximate surface area is 185 Å². The third-order valence-electron chi connectivity index (χ3n) is 4.79. The van der Waals surface area contributed by atoms with Gasteiger partial charge in [-0.1, -0.05) is 54.6 Å². The van der Waals surface area contributed by atoms with Gasteiger partial charge >= 0.3 is 0 Å². The lowest BCUT2D eigenvalue weighted by atomic mass is 10.00. The summed E-state index contributed by atoms with van der Waals surface area (Å²) in [4.78, 5) is 6.92. The van der Waals surface area contributed by atoms with Crippen molar-refractivity contribution >= 4 is 29.9 Å². The highest BCUT2D eigenvalue weighted by Gasteiger charge is 2.18. The highest BCUT2D eigenvalue weighted by molar-refractivity contribution is 14.0. The number of nitrogens with one attached hydrogen (secondary N) is 2. The first-order valence-electron chi connectivity index (χ1n) is 9.78. The number of hydrogen-bond acceptors (Lipinski definition) is 3. The van der Waals surface area contributed by atoms with Gasteiger partial charge in [-0.25, -0.2) is 4.99 Å². The average molecular weight is 494 g/mol. The lowest BCUT2D eigenvalue weighted by Crippen LogP contribution is -2.45. The molecule has 1 unspecified atom stereocenters. The van der Waals surface area contributed by atoms with Gasteiger partial charge in [-0.2, -0.15) is 0 Å². The van der Waals surface area contributed by atoms with Crippen LogP contribution in [0.15, 0.2) is 59.6 Å². The van der Waals surface area contributed by atoms with Crippen molar-refractivity contribution in [3.8, 4) is 0 Å². The summed E-state index contributed by atoms with van der Waals surface area (Å²) in [5.74, 6) is 0.740. The fraction of sp³-hybridized carbons (Fsp3) is 0.409. The SMILES string of the molecule is CCNC(=NCc1ccccc1)NCC(O)CN1CCc2ccccc2C1.I. The van der Waals surface area contributed by atoms with Crippen LogP contribution in [0.5, 0.6) is 0 Å². The van der Waals surface area contributed by atoms with Gasteiger partial charge in [0.2, 0.25) is 0 Å². The zero-order valence-electron chi connectivity index (χ0n) is 16.5. The molecule has 1 atom stereocenters. The minimum atomic E-state index is -0.434. The summed E-state index contributed by atoms with van der Waals surface area (Å²) < 4.78 is 0. The van der Waals surface area contributed by atoms with E-state index in [1.165, 1.54) is 16.7 Å². The van der Waals surface area contributed by atoms with Crippen LogP contribution in [0.2, 0.25) is 0 Å². The van der Waals surface area contributed by atoms with Crippen LogP contribution in [0.4, 0.5) is 0 Å². The number of benzene rings is 2. The molecule has 5 nitrogen and oxygen atoms in total. The summed E-state index contributed by atoms with van der Waals surface area (Å²) in [6.45, 7) is 6.51. The van der Waals surface area contributed by atoms with Gasteiger partial charge in [-0.15, -0.1) is 24.0 Å². The molecule has 3 N–H and O–H groups in total. The van der Waals surface area contributed by atoms with Crippen molar-refractivity contribution < 1.29 is 5.11 Å². The molecule has 2 aromatic carbocycles. The minimum Gasteiger partial charge on any atom is -0.390 e. The highest BCUT2D eigenvalue weighted by Crippen LogP contribution is 2.18. The van der Waals surface area contributed by atoms with Crippen molar-refractivity contribution in [3.05, 3.63) is 71.3 Å². The Balaban J connectivity index is 0.00000280. The summed E-state index contributed by atoms with van der Waals surface area (Å²) in [6.07, 6.45) is 0.619. The number of fused-ring (bicyclic) bond motifs is 1. The first-order valence-corrected chi connectivity index (χ1v) is 9.78. The van der Waals surface area contributed by atoms with Crippen LogP contribution >= 0.6 is 24.0 Å². The number of aliphatic imine (C=N–C) groups is 1. The number of rotatable bonds is 7. The van der Waals surface area contributed by atoms with Crippen molar-refractivity contribution in [2.24, 2.45) is 4.99 Å². The summed E-state index contributed by atoms with van der Waals surface area (Å²) in [6, 6.07) is 18.8. The van der Waals surface area contributed by atoms with Crippen molar-refractivity contribution in [1.82, 2.24) is 15.5 Å². The van der Waals surface area contributed by atoms with Crippen molar-refractivity contribution in [2.45, 2.75) is 32.5 Å². The molecule has 28 heavy (non-hydrogen) atoms. The minimum absolute atomic E-state index is 0. The lowest BCUT2D eigenvalue weighted by Gasteiger charge is -2.30. The van der Waals surface area contributed by atoms with E-state index in [1.54, 1.807) is 0 Å². The van der Waals surface area contributed by atoms with Gasteiger partial charge in [0.25, 0.3) is 0 Å². The summed E-state index contributed by atoms with van der Waals surface area (Å²) in [5.41, 5.74) is 3.98. The number of halogens is 1. The van der Waals surface area contributed by atoms with Crippen LogP contribution in [0.1, 0.15) is 23.6 Å². The normalized spacial score (nSPS) is 15.3. The smallest absolute Gasteiger partial charge is 0.191 e. The molecule has 0 aliphatic carbocycles. The van der Waals surface area contributed by atoms with Crippen LogP contribution < -0.4 is 10.6 Å². The third kappa shape index (κ3) is 7.07. The first-order chi connectivity index (χ1) is 13.2. The van der Waals surface area contributed by atoms with E-state index >= 15 is 0 Å². The molecule has 152 valence electrons. The number of β-amino-alcohol motifs (C(OH)–C–C–N with tert-alkyl or cyclic N) is 1. The van der Waals surface area contributed by atoms with E-state index in [9.17, 15) is 5.11 Å². The number of aliphatic hydroxyl groups is 1. The molecule has 0 aromatic heterocycles. The molecule has 6 heteroatoms. The van der Waals surface area contributed by atoms with Gasteiger partial charge in [0.05, 0.1) is 12.6 Å². The summed E-state index contributed by atoms with van der Waals surface area (Å²) in [5, 5.41) is 17.0. The van der Waals surface area contributed by atoms with Crippen LogP contribution in [0.25, 0.3) is 0 Å². The second-order valence-electron chi connectivity index (χ2n) is 6.97. The molecule has 1 aliphatic rings. The van der Waals surface area contributed by atoms with E-state index in [0.717, 1.165) is 32.0 Å². The second kappa shape index (κ2) is 12.0. The zero-order valence-corrected chi connectivity index (χ0v) is 18.8. The van der Waals surface area contributed by atoms with Crippen LogP contribution in [0, 0.1) is 0 Å². The number of aliphatic hydroxyl groups excluding tert-OH is 1. The maximum Gasteiger partial charge on any atom is 0.191 e. The van der Waals surface area contributed by atoms with E-state index in [2.05, 4.69) is 56.9 Å². The molecule has 0 spiro atoms. The fourth-order valence-corrected chi connectivity index (χ4v) is 3.38. The van der Waals surface area contributed by atoms with Gasteiger partial charge in [-0.3, -0.25) is 4.90 Å². The number of nitrogens with zero attached hydrogens (tertiary/aromatic N) is 2. The molecular formula is C22H31IN4O. The molecule has 0 bridgehead atoms. The Hall–Kier alpha value is -1.64. The molecule has 0 fully saturated rings. The van der Waals surface area contributed by atoms with E-state index in [0.29, 0.717) is 19.6 Å². The molecule has 1 heterocycles. The molecule has 0 saturated heterocycles. The Bertz CT molecular complexity index is 738. The zero-order chi connectivity index (χ0) is 18.9. The highest BCUT2D eigenvalue weighted by atomic mass is 127. The largest absolute Gasteiger partial charge is 0.390 e. The van der Waals surface area contributed by atoms with E-state index < -0.39 is 6.10 Å². The maximum absolute atomic E-state index is 10.5. The summed E-state index contributed by atoms with van der Waals surface area (Å²) >= 11 is 0. The molecule has 0 amide bonds. The second-order valence-corrected chi connectivity index (χ2v) is 6.97. The van der Waals surface area contributed by atoms with Crippen LogP contribution in [0.3, 0.4) is 0 Å². The van der Waals surface area contributed by atoms with Gasteiger partial charge in [0.1, 0.15) is 0 Å². The fourth-order valence-electron chi connectivity index (χ4n) is 3.38. The van der Waals surface area contributed by atoms with Gasteiger partial charge in [0.15, 0.2) is 5.96 Å². The van der Waals surface area contributed by atoms with Crippen molar-refractivity contribution in [3.63, 3.8) is 0 Å². The monoisotopic (exact) mass is 494 g/mol. The number of guanidine groups is 1. The maximum atomic E-state index is 10.5. The Morgan fingerprint density at radius 1 is 1.07 bits per heavy atom. The van der Waals surface area contributed by atoms with Gasteiger partial charge in [-0.05, 0) is 30.0 Å². The third-order valence-corrected chi connectivity index (χ3v) is 4.79. The molecule has 2 aromatic rings. The van der Waals surface area contributed by atoms with E-state index in [1.807, 2.05) is 25.1 Å². The van der Waals surface area contributed by atoms with Gasteiger partial charge in [0, 0.05) is 32.7 Å². The molecule has 0 saturated carbocycles. The van der Waals surface area contributed by atoms with Crippen LogP contribution in [-0.4, -0.2) is 48.2 Å². The van der Waals surface area contributed by atoms with E-state index in [4.69, 9.17) is 0 Å². The predicted molar refractivity (Wildman–Crippen MR) is 126 cm³/mol. The topological polar surface area (TPSA) is 59.9 Å². The number of hydrogen-bond donors (Lipinski definition) is 3.